The van der Waals surface area contributed by atoms with Gasteiger partial charge in [-0.15, -0.1) is 0 Å². The van der Waals surface area contributed by atoms with Gasteiger partial charge in [-0.25, -0.2) is 0 Å². The molecule has 168 valence electrons. The first-order valence-electron chi connectivity index (χ1n) is 10.6. The van der Waals surface area contributed by atoms with Gasteiger partial charge in [0, 0.05) is 25.7 Å². The number of ketones is 2. The molecule has 0 aromatic heterocycles. The summed E-state index contributed by atoms with van der Waals surface area (Å²) in [6.07, 6.45) is 4.14. The van der Waals surface area contributed by atoms with Crippen molar-refractivity contribution in [2.75, 3.05) is 0 Å². The Balaban J connectivity index is 1.51. The SMILES string of the molecule is CC(=O)O[C@H]1C=CC(=O)[C@@H]2C[C@H]3C(=O)N4[C@@H]5[C@@H](OC(C)=O)C=CC(=O)[C@@H]5C[C@H]4C(=O)N3[C@H]12. The highest BCUT2D eigenvalue weighted by molar-refractivity contribution is 6.04. The number of carbonyl (C=O) groups excluding carboxylic acids is 6. The summed E-state index contributed by atoms with van der Waals surface area (Å²) in [5.41, 5.74) is 0. The Kier molecular flexibility index (Phi) is 4.58. The predicted molar refractivity (Wildman–Crippen MR) is 104 cm³/mol. The first kappa shape index (κ1) is 20.6. The number of ether oxygens (including phenoxy) is 2. The van der Waals surface area contributed by atoms with Crippen molar-refractivity contribution in [3.63, 3.8) is 0 Å². The number of fused-ring (bicyclic) bond motifs is 6. The van der Waals surface area contributed by atoms with Crippen LogP contribution in [0.5, 0.6) is 0 Å². The minimum absolute atomic E-state index is 0.110. The molecule has 0 aromatic rings. The second-order valence-electron chi connectivity index (χ2n) is 8.86. The van der Waals surface area contributed by atoms with E-state index in [1.165, 1.54) is 48.0 Å². The topological polar surface area (TPSA) is 127 Å². The van der Waals surface area contributed by atoms with Gasteiger partial charge in [0.05, 0.1) is 12.1 Å². The Morgan fingerprint density at radius 2 is 1.12 bits per heavy atom. The summed E-state index contributed by atoms with van der Waals surface area (Å²) >= 11 is 0. The smallest absolute Gasteiger partial charge is 0.303 e. The number of esters is 2. The molecule has 5 aliphatic rings. The molecule has 0 unspecified atom stereocenters. The summed E-state index contributed by atoms with van der Waals surface area (Å²) in [6.45, 7) is 2.48. The van der Waals surface area contributed by atoms with Gasteiger partial charge in [0.1, 0.15) is 24.3 Å². The van der Waals surface area contributed by atoms with Crippen LogP contribution in [0.3, 0.4) is 0 Å². The van der Waals surface area contributed by atoms with E-state index in [-0.39, 0.29) is 36.2 Å². The van der Waals surface area contributed by atoms with Gasteiger partial charge >= 0.3 is 11.9 Å². The zero-order valence-corrected chi connectivity index (χ0v) is 17.5. The highest BCUT2D eigenvalue weighted by Crippen LogP contribution is 2.46. The van der Waals surface area contributed by atoms with E-state index < -0.39 is 60.1 Å². The molecule has 8 atom stereocenters. The van der Waals surface area contributed by atoms with E-state index in [4.69, 9.17) is 9.47 Å². The number of piperazine rings is 1. The fraction of sp³-hybridized carbons (Fsp3) is 0.545. The molecule has 0 spiro atoms. The lowest BCUT2D eigenvalue weighted by Crippen LogP contribution is -2.66. The van der Waals surface area contributed by atoms with Crippen LogP contribution in [-0.4, -0.2) is 81.5 Å². The summed E-state index contributed by atoms with van der Waals surface area (Å²) in [7, 11) is 0. The van der Waals surface area contributed by atoms with Crippen LogP contribution in [-0.2, 0) is 38.2 Å². The summed E-state index contributed by atoms with van der Waals surface area (Å²) in [6, 6.07) is -3.34. The Morgan fingerprint density at radius 3 is 1.47 bits per heavy atom. The molecule has 2 aliphatic carbocycles. The van der Waals surface area contributed by atoms with Crippen molar-refractivity contribution in [1.29, 1.82) is 0 Å². The number of allylic oxidation sites excluding steroid dienone is 2. The average molecular weight is 442 g/mol. The second-order valence-corrected chi connectivity index (χ2v) is 8.86. The number of hydrogen-bond acceptors (Lipinski definition) is 8. The van der Waals surface area contributed by atoms with E-state index in [1.54, 1.807) is 0 Å². The van der Waals surface area contributed by atoms with Gasteiger partial charge in [-0.2, -0.15) is 0 Å². The fourth-order valence-electron chi connectivity index (χ4n) is 5.97. The first-order chi connectivity index (χ1) is 15.2. The molecule has 0 N–H and O–H groups in total. The van der Waals surface area contributed by atoms with Gasteiger partial charge in [-0.05, 0) is 37.1 Å². The second kappa shape index (κ2) is 7.11. The van der Waals surface area contributed by atoms with E-state index in [1.807, 2.05) is 0 Å². The van der Waals surface area contributed by atoms with Crippen LogP contribution in [0.4, 0.5) is 0 Å². The molecule has 3 heterocycles. The molecular formula is C22H22N2O8. The molecule has 5 rings (SSSR count). The molecule has 0 aromatic carbocycles. The van der Waals surface area contributed by atoms with Gasteiger partial charge in [-0.3, -0.25) is 28.8 Å². The maximum absolute atomic E-state index is 13.6. The standard InChI is InChI=1S/C22H22N2O8/c1-9(25)31-17-5-3-15(27)11-7-13-22(30)24-14(21(29)23(13)19(11)17)8-12-16(28)4-6-18(20(12)24)32-10(2)26/h3-6,11-14,17-20H,7-8H2,1-2H3/t11-,12-,13-,14-,17-,18-,19-,20-/m0/s1. The molecular weight excluding hydrogens is 420 g/mol. The van der Waals surface area contributed by atoms with Gasteiger partial charge < -0.3 is 19.3 Å². The summed E-state index contributed by atoms with van der Waals surface area (Å²) in [4.78, 5) is 78.3. The van der Waals surface area contributed by atoms with Gasteiger partial charge in [0.15, 0.2) is 11.6 Å². The number of amides is 2. The molecule has 0 saturated carbocycles. The molecule has 10 nitrogen and oxygen atoms in total. The van der Waals surface area contributed by atoms with Crippen LogP contribution < -0.4 is 0 Å². The number of hydrogen-bond donors (Lipinski definition) is 0. The Hall–Kier alpha value is -3.30. The van der Waals surface area contributed by atoms with Crippen molar-refractivity contribution in [2.45, 2.75) is 63.1 Å². The third-order valence-electron chi connectivity index (χ3n) is 7.08. The van der Waals surface area contributed by atoms with Crippen LogP contribution in [0.15, 0.2) is 24.3 Å². The predicted octanol–water partition coefficient (Wildman–Crippen LogP) is -0.687. The van der Waals surface area contributed by atoms with Crippen molar-refractivity contribution in [2.24, 2.45) is 11.8 Å². The van der Waals surface area contributed by atoms with Gasteiger partial charge in [0.2, 0.25) is 11.8 Å². The largest absolute Gasteiger partial charge is 0.456 e. The third kappa shape index (κ3) is 2.85. The molecule has 2 amide bonds. The maximum Gasteiger partial charge on any atom is 0.303 e. The lowest BCUT2D eigenvalue weighted by atomic mass is 9.85. The van der Waals surface area contributed by atoms with E-state index in [0.29, 0.717) is 0 Å². The van der Waals surface area contributed by atoms with E-state index in [0.717, 1.165) is 0 Å². The van der Waals surface area contributed by atoms with E-state index in [2.05, 4.69) is 0 Å². The van der Waals surface area contributed by atoms with E-state index in [9.17, 15) is 28.8 Å². The number of carbonyl (C=O) groups is 6. The molecule has 3 aliphatic heterocycles. The summed E-state index contributed by atoms with van der Waals surface area (Å²) in [5, 5.41) is 0. The Morgan fingerprint density at radius 1 is 0.750 bits per heavy atom. The lowest BCUT2D eigenvalue weighted by molar-refractivity contribution is -0.168. The molecule has 10 heteroatoms. The first-order valence-corrected chi connectivity index (χ1v) is 10.6. The molecule has 3 saturated heterocycles. The van der Waals surface area contributed by atoms with Gasteiger partial charge in [0.25, 0.3) is 0 Å². The van der Waals surface area contributed by atoms with Crippen molar-refractivity contribution in [3.8, 4) is 0 Å². The van der Waals surface area contributed by atoms with Gasteiger partial charge in [-0.1, -0.05) is 0 Å². The average Bonchev–Trinajstić information content (AvgIpc) is 3.32. The van der Waals surface area contributed by atoms with Crippen molar-refractivity contribution in [3.05, 3.63) is 24.3 Å². The monoisotopic (exact) mass is 442 g/mol. The maximum atomic E-state index is 13.6. The molecule has 0 bridgehead atoms. The lowest BCUT2D eigenvalue weighted by Gasteiger charge is -2.45. The normalized spacial score (nSPS) is 39.4. The minimum Gasteiger partial charge on any atom is -0.456 e. The van der Waals surface area contributed by atoms with Crippen LogP contribution in [0.1, 0.15) is 26.7 Å². The van der Waals surface area contributed by atoms with Crippen LogP contribution in [0.25, 0.3) is 0 Å². The van der Waals surface area contributed by atoms with Crippen molar-refractivity contribution >= 4 is 35.3 Å². The van der Waals surface area contributed by atoms with Crippen LogP contribution >= 0.6 is 0 Å². The highest BCUT2D eigenvalue weighted by atomic mass is 16.5. The zero-order chi connectivity index (χ0) is 22.9. The fourth-order valence-corrected chi connectivity index (χ4v) is 5.97. The zero-order valence-electron chi connectivity index (χ0n) is 17.5. The highest BCUT2D eigenvalue weighted by Gasteiger charge is 2.64. The molecule has 3 fully saturated rings. The van der Waals surface area contributed by atoms with Crippen LogP contribution in [0.2, 0.25) is 0 Å². The quantitative estimate of drug-likeness (QED) is 0.515. The van der Waals surface area contributed by atoms with Crippen molar-refractivity contribution < 1.29 is 38.2 Å². The Labute approximate surface area is 183 Å². The third-order valence-corrected chi connectivity index (χ3v) is 7.08. The van der Waals surface area contributed by atoms with Crippen LogP contribution in [0, 0.1) is 11.8 Å². The number of nitrogens with zero attached hydrogens (tertiary/aromatic N) is 2. The Bertz CT molecular complexity index is 935. The minimum atomic E-state index is -0.909. The van der Waals surface area contributed by atoms with E-state index >= 15 is 0 Å². The molecule has 0 radical (unpaired) electrons. The van der Waals surface area contributed by atoms with Crippen molar-refractivity contribution in [1.82, 2.24) is 9.80 Å². The number of rotatable bonds is 2. The molecule has 32 heavy (non-hydrogen) atoms. The summed E-state index contributed by atoms with van der Waals surface area (Å²) in [5.74, 6) is -3.63. The summed E-state index contributed by atoms with van der Waals surface area (Å²) < 4.78 is 10.7.